The molecule has 2 aromatic rings. The molecule has 0 saturated heterocycles. The largest absolute Gasteiger partial charge is 0.337 e. The zero-order valence-electron chi connectivity index (χ0n) is 10.1. The van der Waals surface area contributed by atoms with Crippen molar-refractivity contribution in [3.8, 4) is 11.4 Å². The van der Waals surface area contributed by atoms with Gasteiger partial charge < -0.3 is 9.84 Å². The fraction of sp³-hybridized carbons (Fsp3) is 0.333. The number of rotatable bonds is 4. The van der Waals surface area contributed by atoms with Gasteiger partial charge >= 0.3 is 0 Å². The highest BCUT2D eigenvalue weighted by molar-refractivity contribution is 6.33. The predicted octanol–water partition coefficient (Wildman–Crippen LogP) is 3.20. The topological polar surface area (TPSA) is 51.0 Å². The molecule has 1 N–H and O–H groups in total. The summed E-state index contributed by atoms with van der Waals surface area (Å²) in [6.45, 7) is 2.01. The molecule has 1 heterocycles. The van der Waals surface area contributed by atoms with E-state index in [9.17, 15) is 4.39 Å². The van der Waals surface area contributed by atoms with Gasteiger partial charge in [0.15, 0.2) is 0 Å². The lowest BCUT2D eigenvalue weighted by Gasteiger charge is -2.06. The van der Waals surface area contributed by atoms with Crippen LogP contribution in [0.3, 0.4) is 0 Å². The van der Waals surface area contributed by atoms with E-state index in [0.717, 1.165) is 6.42 Å². The van der Waals surface area contributed by atoms with Crippen LogP contribution in [0.2, 0.25) is 5.02 Å². The van der Waals surface area contributed by atoms with E-state index in [0.29, 0.717) is 17.3 Å². The molecule has 96 valence electrons. The third kappa shape index (κ3) is 2.52. The van der Waals surface area contributed by atoms with E-state index in [1.807, 2.05) is 14.0 Å². The highest BCUT2D eigenvalue weighted by Crippen LogP contribution is 2.27. The van der Waals surface area contributed by atoms with Gasteiger partial charge in [-0.1, -0.05) is 23.7 Å². The maximum Gasteiger partial charge on any atom is 0.244 e. The van der Waals surface area contributed by atoms with Crippen molar-refractivity contribution < 1.29 is 8.91 Å². The van der Waals surface area contributed by atoms with Gasteiger partial charge in [-0.15, -0.1) is 0 Å². The standard InChI is InChI=1S/C12H13ClFN3O/c1-3-10(15-2)12-16-11(17-18-12)8-5-4-7(14)6-9(8)13/h4-6,10,15H,3H2,1-2H3. The van der Waals surface area contributed by atoms with Crippen molar-refractivity contribution in [2.75, 3.05) is 7.05 Å². The Labute approximate surface area is 109 Å². The van der Waals surface area contributed by atoms with E-state index in [-0.39, 0.29) is 11.1 Å². The average Bonchev–Trinajstić information content (AvgIpc) is 2.80. The number of nitrogens with one attached hydrogen (secondary N) is 1. The summed E-state index contributed by atoms with van der Waals surface area (Å²) >= 11 is 5.94. The summed E-state index contributed by atoms with van der Waals surface area (Å²) in [7, 11) is 1.82. The molecule has 1 atom stereocenters. The average molecular weight is 270 g/mol. The van der Waals surface area contributed by atoms with E-state index in [2.05, 4.69) is 15.5 Å². The summed E-state index contributed by atoms with van der Waals surface area (Å²) < 4.78 is 18.1. The molecule has 2 rings (SSSR count). The van der Waals surface area contributed by atoms with Crippen molar-refractivity contribution >= 4 is 11.6 Å². The van der Waals surface area contributed by atoms with Crippen LogP contribution >= 0.6 is 11.6 Å². The van der Waals surface area contributed by atoms with Crippen molar-refractivity contribution in [3.05, 3.63) is 34.9 Å². The zero-order chi connectivity index (χ0) is 13.1. The number of nitrogens with zero attached hydrogens (tertiary/aromatic N) is 2. The molecule has 1 aromatic carbocycles. The van der Waals surface area contributed by atoms with Crippen LogP contribution in [0.25, 0.3) is 11.4 Å². The third-order valence-electron chi connectivity index (χ3n) is 2.67. The van der Waals surface area contributed by atoms with Gasteiger partial charge in [0.1, 0.15) is 5.82 Å². The zero-order valence-corrected chi connectivity index (χ0v) is 10.8. The molecule has 0 radical (unpaired) electrons. The number of halogens is 2. The maximum atomic E-state index is 12.9. The first-order chi connectivity index (χ1) is 8.65. The smallest absolute Gasteiger partial charge is 0.244 e. The van der Waals surface area contributed by atoms with Crippen LogP contribution in [0.15, 0.2) is 22.7 Å². The van der Waals surface area contributed by atoms with Crippen molar-refractivity contribution in [3.63, 3.8) is 0 Å². The van der Waals surface area contributed by atoms with Crippen LogP contribution in [-0.4, -0.2) is 17.2 Å². The molecular formula is C12H13ClFN3O. The lowest BCUT2D eigenvalue weighted by atomic mass is 10.2. The molecule has 4 nitrogen and oxygen atoms in total. The number of hydrogen-bond acceptors (Lipinski definition) is 4. The van der Waals surface area contributed by atoms with Gasteiger partial charge in [-0.3, -0.25) is 0 Å². The molecule has 0 amide bonds. The summed E-state index contributed by atoms with van der Waals surface area (Å²) in [6.07, 6.45) is 0.829. The fourth-order valence-corrected chi connectivity index (χ4v) is 1.91. The summed E-state index contributed by atoms with van der Waals surface area (Å²) in [5.74, 6) is 0.466. The van der Waals surface area contributed by atoms with Crippen molar-refractivity contribution in [2.45, 2.75) is 19.4 Å². The molecule has 0 fully saturated rings. The predicted molar refractivity (Wildman–Crippen MR) is 66.8 cm³/mol. The molecule has 1 aromatic heterocycles. The molecular weight excluding hydrogens is 257 g/mol. The Hall–Kier alpha value is -1.46. The molecule has 0 aliphatic carbocycles. The van der Waals surface area contributed by atoms with Gasteiger partial charge in [0.25, 0.3) is 0 Å². The molecule has 6 heteroatoms. The Kier molecular flexibility index (Phi) is 3.93. The first-order valence-corrected chi connectivity index (χ1v) is 5.99. The highest BCUT2D eigenvalue weighted by atomic mass is 35.5. The second-order valence-electron chi connectivity index (χ2n) is 3.83. The summed E-state index contributed by atoms with van der Waals surface area (Å²) in [4.78, 5) is 4.27. The normalized spacial score (nSPS) is 12.7. The Morgan fingerprint density at radius 3 is 2.89 bits per heavy atom. The Bertz CT molecular complexity index is 540. The van der Waals surface area contributed by atoms with E-state index in [4.69, 9.17) is 16.1 Å². The minimum atomic E-state index is -0.394. The Morgan fingerprint density at radius 1 is 1.50 bits per heavy atom. The summed E-state index contributed by atoms with van der Waals surface area (Å²) in [5, 5.41) is 7.19. The highest BCUT2D eigenvalue weighted by Gasteiger charge is 2.17. The maximum absolute atomic E-state index is 12.9. The lowest BCUT2D eigenvalue weighted by Crippen LogP contribution is -2.15. The lowest BCUT2D eigenvalue weighted by molar-refractivity contribution is 0.334. The fourth-order valence-electron chi connectivity index (χ4n) is 1.66. The van der Waals surface area contributed by atoms with Gasteiger partial charge in [0, 0.05) is 5.56 Å². The minimum Gasteiger partial charge on any atom is -0.337 e. The van der Waals surface area contributed by atoms with Crippen LogP contribution in [0.1, 0.15) is 25.3 Å². The van der Waals surface area contributed by atoms with E-state index in [1.165, 1.54) is 18.2 Å². The SMILES string of the molecule is CCC(NC)c1nc(-c2ccc(F)cc2Cl)no1. The van der Waals surface area contributed by atoms with Gasteiger partial charge in [-0.2, -0.15) is 4.98 Å². The van der Waals surface area contributed by atoms with Gasteiger partial charge in [-0.25, -0.2) is 4.39 Å². The van der Waals surface area contributed by atoms with Crippen LogP contribution in [0, 0.1) is 5.82 Å². The Morgan fingerprint density at radius 2 is 2.28 bits per heavy atom. The number of hydrogen-bond donors (Lipinski definition) is 1. The molecule has 1 unspecified atom stereocenters. The molecule has 0 saturated carbocycles. The second-order valence-corrected chi connectivity index (χ2v) is 4.24. The molecule has 0 aliphatic heterocycles. The van der Waals surface area contributed by atoms with Gasteiger partial charge in [0.05, 0.1) is 11.1 Å². The Balaban J connectivity index is 2.34. The van der Waals surface area contributed by atoms with E-state index in [1.54, 1.807) is 0 Å². The van der Waals surface area contributed by atoms with Crippen LogP contribution in [0.5, 0.6) is 0 Å². The quantitative estimate of drug-likeness (QED) is 0.926. The first-order valence-electron chi connectivity index (χ1n) is 5.62. The van der Waals surface area contributed by atoms with Gasteiger partial charge in [-0.05, 0) is 31.7 Å². The van der Waals surface area contributed by atoms with Crippen molar-refractivity contribution in [1.29, 1.82) is 0 Å². The summed E-state index contributed by atoms with van der Waals surface area (Å²) in [6, 6.07) is 4.08. The third-order valence-corrected chi connectivity index (χ3v) is 2.98. The first kappa shape index (κ1) is 13.0. The number of aromatic nitrogens is 2. The van der Waals surface area contributed by atoms with E-state index >= 15 is 0 Å². The second kappa shape index (κ2) is 5.46. The van der Waals surface area contributed by atoms with Crippen molar-refractivity contribution in [1.82, 2.24) is 15.5 Å². The summed E-state index contributed by atoms with van der Waals surface area (Å²) in [5.41, 5.74) is 0.555. The monoisotopic (exact) mass is 269 g/mol. The molecule has 18 heavy (non-hydrogen) atoms. The van der Waals surface area contributed by atoms with Crippen LogP contribution in [-0.2, 0) is 0 Å². The van der Waals surface area contributed by atoms with Gasteiger partial charge in [0.2, 0.25) is 11.7 Å². The number of benzene rings is 1. The molecule has 0 bridgehead atoms. The van der Waals surface area contributed by atoms with Crippen molar-refractivity contribution in [2.24, 2.45) is 0 Å². The van der Waals surface area contributed by atoms with Crippen LogP contribution < -0.4 is 5.32 Å². The molecule has 0 aliphatic rings. The van der Waals surface area contributed by atoms with E-state index < -0.39 is 5.82 Å². The molecule has 0 spiro atoms. The van der Waals surface area contributed by atoms with Crippen LogP contribution in [0.4, 0.5) is 4.39 Å². The minimum absolute atomic E-state index is 0.00507.